The van der Waals surface area contributed by atoms with Crippen molar-refractivity contribution >= 4 is 45.9 Å². The molecule has 0 aliphatic heterocycles. The second kappa shape index (κ2) is 9.15. The minimum Gasteiger partial charge on any atom is -0.506 e. The Hall–Kier alpha value is -2.52. The summed E-state index contributed by atoms with van der Waals surface area (Å²) >= 11 is 13.6. The first-order valence-corrected chi connectivity index (χ1v) is 11.4. The molecule has 4 rings (SSSR count). The highest BCUT2D eigenvalue weighted by Crippen LogP contribution is 2.34. The minimum atomic E-state index is -0.504. The second-order valence-corrected chi connectivity index (χ2v) is 9.26. The van der Waals surface area contributed by atoms with E-state index in [0.717, 1.165) is 17.1 Å². The van der Waals surface area contributed by atoms with Gasteiger partial charge in [0.1, 0.15) is 11.3 Å². The number of hydrogen-bond donors (Lipinski definition) is 1. The first-order valence-electron chi connectivity index (χ1n) is 9.70. The number of aromatic hydroxyl groups is 1. The van der Waals surface area contributed by atoms with Gasteiger partial charge in [0.05, 0.1) is 11.1 Å². The molecule has 166 valence electrons. The Labute approximate surface area is 198 Å². The molecule has 7 nitrogen and oxygen atoms in total. The molecule has 1 unspecified atom stereocenters. The van der Waals surface area contributed by atoms with Gasteiger partial charge in [0.25, 0.3) is 0 Å². The predicted octanol–water partition coefficient (Wildman–Crippen LogP) is 5.30. The number of aromatic nitrogens is 3. The molecule has 2 aromatic carbocycles. The third-order valence-corrected chi connectivity index (χ3v) is 6.68. The molecule has 4 aromatic rings. The molecule has 0 saturated heterocycles. The number of benzene rings is 2. The maximum absolute atomic E-state index is 12.1. The zero-order valence-electron chi connectivity index (χ0n) is 17.5. The summed E-state index contributed by atoms with van der Waals surface area (Å²) in [6.07, 6.45) is 0. The molecular formula is C22H20Cl2N4O3S. The Morgan fingerprint density at radius 2 is 1.88 bits per heavy atom. The second-order valence-electron chi connectivity index (χ2n) is 7.47. The van der Waals surface area contributed by atoms with Crippen LogP contribution in [-0.2, 0) is 5.75 Å². The summed E-state index contributed by atoms with van der Waals surface area (Å²) in [5, 5.41) is 20.9. The van der Waals surface area contributed by atoms with E-state index in [9.17, 15) is 9.90 Å². The van der Waals surface area contributed by atoms with Crippen molar-refractivity contribution in [1.29, 1.82) is 0 Å². The van der Waals surface area contributed by atoms with Crippen molar-refractivity contribution in [3.8, 4) is 11.4 Å². The van der Waals surface area contributed by atoms with Crippen LogP contribution in [0.3, 0.4) is 0 Å². The van der Waals surface area contributed by atoms with Gasteiger partial charge in [0.2, 0.25) is 0 Å². The molecule has 2 heterocycles. The molecule has 0 fully saturated rings. The van der Waals surface area contributed by atoms with E-state index >= 15 is 0 Å². The fourth-order valence-corrected chi connectivity index (χ4v) is 4.45. The van der Waals surface area contributed by atoms with Crippen LogP contribution in [0.5, 0.6) is 5.75 Å². The Bertz CT molecular complexity index is 1340. The lowest BCUT2D eigenvalue weighted by molar-refractivity contribution is 0.305. The van der Waals surface area contributed by atoms with Gasteiger partial charge in [-0.2, -0.15) is 0 Å². The van der Waals surface area contributed by atoms with Crippen LogP contribution in [0, 0.1) is 0 Å². The van der Waals surface area contributed by atoms with Crippen LogP contribution in [0.4, 0.5) is 0 Å². The molecule has 0 saturated carbocycles. The van der Waals surface area contributed by atoms with Crippen LogP contribution in [-0.4, -0.2) is 38.9 Å². The van der Waals surface area contributed by atoms with Crippen LogP contribution in [0.1, 0.15) is 24.4 Å². The lowest BCUT2D eigenvalue weighted by Crippen LogP contribution is -2.20. The summed E-state index contributed by atoms with van der Waals surface area (Å²) in [5.74, 6) is 1.06. The average Bonchev–Trinajstić information content (AvgIpc) is 3.17. The highest BCUT2D eigenvalue weighted by molar-refractivity contribution is 7.98. The van der Waals surface area contributed by atoms with Gasteiger partial charge in [-0.1, -0.05) is 35.0 Å². The largest absolute Gasteiger partial charge is 0.506 e. The molecule has 0 aliphatic carbocycles. The maximum atomic E-state index is 12.1. The highest BCUT2D eigenvalue weighted by atomic mass is 35.5. The quantitative estimate of drug-likeness (QED) is 0.289. The Morgan fingerprint density at radius 1 is 1.16 bits per heavy atom. The first kappa shape index (κ1) is 22.7. The molecule has 0 radical (unpaired) electrons. The summed E-state index contributed by atoms with van der Waals surface area (Å²) in [6, 6.07) is 11.8. The highest BCUT2D eigenvalue weighted by Gasteiger charge is 2.21. The summed E-state index contributed by atoms with van der Waals surface area (Å²) in [4.78, 5) is 14.1. The summed E-state index contributed by atoms with van der Waals surface area (Å²) in [7, 11) is 3.96. The number of rotatable bonds is 6. The maximum Gasteiger partial charge on any atom is 0.336 e. The molecule has 0 aliphatic rings. The van der Waals surface area contributed by atoms with Gasteiger partial charge in [-0.05, 0) is 56.9 Å². The van der Waals surface area contributed by atoms with E-state index in [1.54, 1.807) is 6.07 Å². The third-order valence-electron chi connectivity index (χ3n) is 5.15. The fourth-order valence-electron chi connectivity index (χ4n) is 3.21. The Morgan fingerprint density at radius 3 is 2.56 bits per heavy atom. The van der Waals surface area contributed by atoms with Crippen LogP contribution >= 0.6 is 35.0 Å². The molecule has 32 heavy (non-hydrogen) atoms. The number of nitrogens with zero attached hydrogens (tertiary/aromatic N) is 4. The van der Waals surface area contributed by atoms with Gasteiger partial charge in [-0.25, -0.2) is 4.79 Å². The number of thioether (sulfide) groups is 1. The van der Waals surface area contributed by atoms with E-state index in [4.69, 9.17) is 27.6 Å². The van der Waals surface area contributed by atoms with E-state index in [0.29, 0.717) is 21.3 Å². The van der Waals surface area contributed by atoms with Crippen LogP contribution < -0.4 is 5.63 Å². The van der Waals surface area contributed by atoms with Crippen LogP contribution in [0.25, 0.3) is 16.7 Å². The van der Waals surface area contributed by atoms with Crippen molar-refractivity contribution in [3.05, 3.63) is 74.3 Å². The zero-order valence-corrected chi connectivity index (χ0v) is 19.9. The topological polar surface area (TPSA) is 84.4 Å². The van der Waals surface area contributed by atoms with Crippen molar-refractivity contribution < 1.29 is 9.52 Å². The number of hydrogen-bond acceptors (Lipinski definition) is 7. The van der Waals surface area contributed by atoms with E-state index in [2.05, 4.69) is 22.0 Å². The number of fused-ring (bicyclic) bond motifs is 1. The van der Waals surface area contributed by atoms with E-state index in [1.807, 2.05) is 42.9 Å². The Balaban J connectivity index is 1.75. The van der Waals surface area contributed by atoms with Crippen molar-refractivity contribution in [3.63, 3.8) is 0 Å². The zero-order chi connectivity index (χ0) is 23.0. The number of halogens is 2. The van der Waals surface area contributed by atoms with Gasteiger partial charge in [0.15, 0.2) is 11.0 Å². The molecule has 2 aromatic heterocycles. The standard InChI is InChI=1S/C22H20Cl2N4O3S/c1-12(27(2)3)21-25-26-22(28(21)15-6-4-14(23)5-7-15)32-11-13-8-20(30)31-19-10-18(29)17(24)9-16(13)19/h4-10,12,29H,11H2,1-3H3. The molecule has 1 atom stereocenters. The molecule has 0 bridgehead atoms. The van der Waals surface area contributed by atoms with Gasteiger partial charge in [-0.15, -0.1) is 10.2 Å². The fraction of sp³-hybridized carbons (Fsp3) is 0.227. The average molecular weight is 491 g/mol. The number of phenolic OH excluding ortho intramolecular Hbond substituents is 1. The molecular weight excluding hydrogens is 471 g/mol. The smallest absolute Gasteiger partial charge is 0.336 e. The molecule has 1 N–H and O–H groups in total. The summed E-state index contributed by atoms with van der Waals surface area (Å²) < 4.78 is 7.21. The van der Waals surface area contributed by atoms with Gasteiger partial charge in [0, 0.05) is 34.0 Å². The lowest BCUT2D eigenvalue weighted by atomic mass is 10.1. The minimum absolute atomic E-state index is 0.0129. The summed E-state index contributed by atoms with van der Waals surface area (Å²) in [5.41, 5.74) is 1.37. The van der Waals surface area contributed by atoms with Crippen molar-refractivity contribution in [2.24, 2.45) is 0 Å². The molecule has 10 heteroatoms. The first-order chi connectivity index (χ1) is 15.2. The molecule has 0 spiro atoms. The SMILES string of the molecule is CC(c1nnc(SCc2cc(=O)oc3cc(O)c(Cl)cc23)n1-c1ccc(Cl)cc1)N(C)C. The monoisotopic (exact) mass is 490 g/mol. The van der Waals surface area contributed by atoms with Crippen LogP contribution in [0.2, 0.25) is 10.0 Å². The summed E-state index contributed by atoms with van der Waals surface area (Å²) in [6.45, 7) is 2.05. The van der Waals surface area contributed by atoms with E-state index in [1.165, 1.54) is 23.9 Å². The van der Waals surface area contributed by atoms with Gasteiger partial charge < -0.3 is 9.52 Å². The predicted molar refractivity (Wildman–Crippen MR) is 127 cm³/mol. The number of phenols is 1. The molecule has 0 amide bonds. The van der Waals surface area contributed by atoms with Crippen molar-refractivity contribution in [2.45, 2.75) is 23.9 Å². The van der Waals surface area contributed by atoms with Gasteiger partial charge >= 0.3 is 5.63 Å². The lowest BCUT2D eigenvalue weighted by Gasteiger charge is -2.20. The third kappa shape index (κ3) is 4.49. The van der Waals surface area contributed by atoms with Gasteiger partial charge in [-0.3, -0.25) is 9.47 Å². The van der Waals surface area contributed by atoms with Crippen LogP contribution in [0.15, 0.2) is 56.8 Å². The Kier molecular flexibility index (Phi) is 6.48. The van der Waals surface area contributed by atoms with E-state index < -0.39 is 5.63 Å². The van der Waals surface area contributed by atoms with Crippen molar-refractivity contribution in [1.82, 2.24) is 19.7 Å². The van der Waals surface area contributed by atoms with E-state index in [-0.39, 0.29) is 22.4 Å². The normalized spacial score (nSPS) is 12.6. The van der Waals surface area contributed by atoms with Crippen molar-refractivity contribution in [2.75, 3.05) is 14.1 Å².